The maximum atomic E-state index is 12.5. The van der Waals surface area contributed by atoms with Gasteiger partial charge in [-0.25, -0.2) is 14.6 Å². The molecule has 3 aromatic heterocycles. The molecule has 0 N–H and O–H groups in total. The molecule has 0 aliphatic carbocycles. The Bertz CT molecular complexity index is 1220. The topological polar surface area (TPSA) is 88.1 Å². The Labute approximate surface area is 158 Å². The van der Waals surface area contributed by atoms with Crippen molar-refractivity contribution in [3.05, 3.63) is 55.1 Å². The van der Waals surface area contributed by atoms with Crippen molar-refractivity contribution < 1.29 is 9.53 Å². The van der Waals surface area contributed by atoms with Gasteiger partial charge in [-0.2, -0.15) is 0 Å². The molecule has 0 aliphatic heterocycles. The van der Waals surface area contributed by atoms with Crippen LogP contribution in [0.15, 0.2) is 33.2 Å². The summed E-state index contributed by atoms with van der Waals surface area (Å²) in [7, 11) is 4.31. The first-order valence-corrected chi connectivity index (χ1v) is 8.76. The lowest BCUT2D eigenvalue weighted by atomic mass is 10.4. The van der Waals surface area contributed by atoms with E-state index < -0.39 is 17.2 Å². The predicted octanol–water partition coefficient (Wildman–Crippen LogP) is 0.733. The van der Waals surface area contributed by atoms with Crippen molar-refractivity contribution in [2.75, 3.05) is 7.11 Å². The lowest BCUT2D eigenvalue weighted by Gasteiger charge is -2.05. The molecule has 0 saturated heterocycles. The molecule has 0 atom stereocenters. The van der Waals surface area contributed by atoms with Gasteiger partial charge in [-0.1, -0.05) is 17.9 Å². The monoisotopic (exact) mass is 384 g/mol. The average Bonchev–Trinajstić information content (AvgIpc) is 3.28. The van der Waals surface area contributed by atoms with Crippen molar-refractivity contribution in [2.45, 2.75) is 6.54 Å². The number of aryl methyl sites for hydroxylation is 1. The van der Waals surface area contributed by atoms with Crippen molar-refractivity contribution in [3.8, 4) is 11.8 Å². The average molecular weight is 384 g/mol. The largest absolute Gasteiger partial charge is 0.466 e. The molecular weight excluding hydrogens is 368 g/mol. The molecule has 3 heterocycles. The number of carbonyl (C=O) groups excluding carboxylic acids is 1. The van der Waals surface area contributed by atoms with Crippen LogP contribution < -0.4 is 11.2 Å². The molecule has 0 radical (unpaired) electrons. The zero-order valence-electron chi connectivity index (χ0n) is 14.9. The fourth-order valence-electron chi connectivity index (χ4n) is 2.50. The third-order valence-corrected chi connectivity index (χ3v) is 4.72. The molecule has 0 amide bonds. The number of fused-ring (bicyclic) bond motifs is 1. The fourth-order valence-corrected chi connectivity index (χ4v) is 3.10. The maximum absolute atomic E-state index is 12.5. The van der Waals surface area contributed by atoms with E-state index in [1.807, 2.05) is 17.5 Å². The second kappa shape index (κ2) is 7.47. The molecule has 0 aliphatic rings. The summed E-state index contributed by atoms with van der Waals surface area (Å²) in [5, 5.41) is 1.92. The van der Waals surface area contributed by atoms with Crippen LogP contribution in [-0.4, -0.2) is 31.8 Å². The molecule has 0 aromatic carbocycles. The van der Waals surface area contributed by atoms with Gasteiger partial charge in [0.1, 0.15) is 5.82 Å². The normalized spacial score (nSPS) is 10.9. The van der Waals surface area contributed by atoms with Crippen LogP contribution in [0.5, 0.6) is 0 Å². The van der Waals surface area contributed by atoms with Gasteiger partial charge in [0.15, 0.2) is 11.2 Å². The summed E-state index contributed by atoms with van der Waals surface area (Å²) in [6, 6.07) is 3.77. The van der Waals surface area contributed by atoms with Gasteiger partial charge < -0.3 is 9.30 Å². The zero-order chi connectivity index (χ0) is 19.6. The van der Waals surface area contributed by atoms with Gasteiger partial charge in [-0.05, 0) is 17.5 Å². The van der Waals surface area contributed by atoms with Gasteiger partial charge in [0.2, 0.25) is 0 Å². The lowest BCUT2D eigenvalue weighted by molar-refractivity contribution is -0.134. The number of imidazole rings is 1. The summed E-state index contributed by atoms with van der Waals surface area (Å²) in [6.07, 6.45) is 2.63. The number of ether oxygens (including phenoxy) is 1. The number of hydrogen-bond donors (Lipinski definition) is 0. The van der Waals surface area contributed by atoms with Gasteiger partial charge in [-0.15, -0.1) is 11.3 Å². The number of carbonyl (C=O) groups is 1. The van der Waals surface area contributed by atoms with E-state index in [-0.39, 0.29) is 17.7 Å². The smallest absolute Gasteiger partial charge is 0.333 e. The van der Waals surface area contributed by atoms with Gasteiger partial charge in [0.25, 0.3) is 5.56 Å². The van der Waals surface area contributed by atoms with Crippen molar-refractivity contribution in [3.63, 3.8) is 0 Å². The molecule has 0 fully saturated rings. The van der Waals surface area contributed by atoms with Crippen molar-refractivity contribution in [2.24, 2.45) is 14.1 Å². The highest BCUT2D eigenvalue weighted by molar-refractivity contribution is 7.10. The van der Waals surface area contributed by atoms with Gasteiger partial charge in [0.05, 0.1) is 18.5 Å². The number of hydrogen-bond acceptors (Lipinski definition) is 6. The van der Waals surface area contributed by atoms with Crippen molar-refractivity contribution >= 4 is 34.5 Å². The summed E-state index contributed by atoms with van der Waals surface area (Å²) < 4.78 is 8.45. The van der Waals surface area contributed by atoms with Crippen LogP contribution >= 0.6 is 11.3 Å². The summed E-state index contributed by atoms with van der Waals surface area (Å²) in [5.41, 5.74) is -0.505. The first-order chi connectivity index (χ1) is 12.9. The summed E-state index contributed by atoms with van der Waals surface area (Å²) in [4.78, 5) is 41.6. The number of thiophene rings is 1. The van der Waals surface area contributed by atoms with E-state index in [2.05, 4.69) is 21.6 Å². The second-order valence-corrected chi connectivity index (χ2v) is 6.52. The standard InChI is InChI=1S/C18H16N4O4S/c1-20-13(8-9-14(23)26-3)19-16-15(20)17(24)21(2)18(25)22(16)10-4-6-12-7-5-11-27-12/h5,7-9,11H,10H2,1-3H3/b9-8+. The summed E-state index contributed by atoms with van der Waals surface area (Å²) >= 11 is 1.50. The SMILES string of the molecule is COC(=O)/C=C/c1nc2c(c(=O)n(C)c(=O)n2CC#Cc2cccs2)n1C. The molecule has 8 nitrogen and oxygen atoms in total. The highest BCUT2D eigenvalue weighted by atomic mass is 32.1. The molecule has 0 bridgehead atoms. The van der Waals surface area contributed by atoms with Crippen LogP contribution in [0.25, 0.3) is 17.2 Å². The molecule has 138 valence electrons. The molecule has 9 heteroatoms. The van der Waals surface area contributed by atoms with Crippen LogP contribution in [-0.2, 0) is 30.2 Å². The molecule has 27 heavy (non-hydrogen) atoms. The van der Waals surface area contributed by atoms with E-state index in [4.69, 9.17) is 0 Å². The lowest BCUT2D eigenvalue weighted by Crippen LogP contribution is -2.38. The third-order valence-electron chi connectivity index (χ3n) is 3.93. The quantitative estimate of drug-likeness (QED) is 0.377. The van der Waals surface area contributed by atoms with E-state index in [1.165, 1.54) is 46.8 Å². The second-order valence-electron chi connectivity index (χ2n) is 5.57. The Hall–Kier alpha value is -3.38. The molecule has 0 unspecified atom stereocenters. The molecule has 3 rings (SSSR count). The highest BCUT2D eigenvalue weighted by Crippen LogP contribution is 2.11. The summed E-state index contributed by atoms with van der Waals surface area (Å²) in [5.74, 6) is 5.72. The van der Waals surface area contributed by atoms with E-state index in [1.54, 1.807) is 7.05 Å². The Balaban J connectivity index is 2.15. The van der Waals surface area contributed by atoms with Gasteiger partial charge in [-0.3, -0.25) is 13.9 Å². The Morgan fingerprint density at radius 2 is 2.11 bits per heavy atom. The number of methoxy groups -OCH3 is 1. The Kier molecular flexibility index (Phi) is 5.09. The molecule has 0 spiro atoms. The predicted molar refractivity (Wildman–Crippen MR) is 102 cm³/mol. The first-order valence-electron chi connectivity index (χ1n) is 7.88. The number of aromatic nitrogens is 4. The molecule has 3 aromatic rings. The van der Waals surface area contributed by atoms with Gasteiger partial charge in [0, 0.05) is 20.2 Å². The van der Waals surface area contributed by atoms with Crippen LogP contribution in [0.2, 0.25) is 0 Å². The minimum Gasteiger partial charge on any atom is -0.466 e. The van der Waals surface area contributed by atoms with Crippen LogP contribution in [0.1, 0.15) is 10.7 Å². The van der Waals surface area contributed by atoms with Crippen molar-refractivity contribution in [1.29, 1.82) is 0 Å². The van der Waals surface area contributed by atoms with Crippen molar-refractivity contribution in [1.82, 2.24) is 18.7 Å². The Morgan fingerprint density at radius 3 is 2.78 bits per heavy atom. The minimum absolute atomic E-state index is 0.0819. The van der Waals surface area contributed by atoms with Gasteiger partial charge >= 0.3 is 11.7 Å². The number of rotatable bonds is 3. The highest BCUT2D eigenvalue weighted by Gasteiger charge is 2.17. The van der Waals surface area contributed by atoms with E-state index >= 15 is 0 Å². The van der Waals surface area contributed by atoms with E-state index in [0.29, 0.717) is 5.82 Å². The number of esters is 1. The summed E-state index contributed by atoms with van der Waals surface area (Å²) in [6.45, 7) is 0.0819. The van der Waals surface area contributed by atoms with Crippen LogP contribution in [0.4, 0.5) is 0 Å². The zero-order valence-corrected chi connectivity index (χ0v) is 15.7. The Morgan fingerprint density at radius 1 is 1.33 bits per heavy atom. The minimum atomic E-state index is -0.547. The van der Waals surface area contributed by atoms with Crippen LogP contribution in [0, 0.1) is 11.8 Å². The van der Waals surface area contributed by atoms with Crippen LogP contribution in [0.3, 0.4) is 0 Å². The first kappa shape index (κ1) is 18.4. The fraction of sp³-hybridized carbons (Fsp3) is 0.222. The van der Waals surface area contributed by atoms with E-state index in [0.717, 1.165) is 9.44 Å². The third kappa shape index (κ3) is 3.47. The number of nitrogens with zero attached hydrogens (tertiary/aromatic N) is 4. The maximum Gasteiger partial charge on any atom is 0.333 e. The molecular formula is C18H16N4O4S. The van der Waals surface area contributed by atoms with E-state index in [9.17, 15) is 14.4 Å². The molecule has 0 saturated carbocycles.